The molecule has 2 N–H and O–H groups in total. The smallest absolute Gasteiger partial charge is 0.356 e. The van der Waals surface area contributed by atoms with E-state index in [0.717, 1.165) is 11.1 Å². The standard InChI is InChI=1S/C12H11ClN2O3/c1-6-3-11(16)8(13)4-7(6)10-5-9(12(17)18)14-15(10)2/h3-5,16H,1-2H3,(H,17,18). The van der Waals surface area contributed by atoms with Crippen molar-refractivity contribution in [3.05, 3.63) is 34.5 Å². The van der Waals surface area contributed by atoms with Crippen LogP contribution in [0.25, 0.3) is 11.3 Å². The van der Waals surface area contributed by atoms with Gasteiger partial charge in [-0.15, -0.1) is 0 Å². The number of aromatic hydroxyl groups is 1. The second kappa shape index (κ2) is 4.34. The SMILES string of the molecule is Cc1cc(O)c(Cl)cc1-c1cc(C(=O)O)nn1C. The number of carboxylic acids is 1. The number of aromatic nitrogens is 2. The minimum atomic E-state index is -1.08. The molecular formula is C12H11ClN2O3. The van der Waals surface area contributed by atoms with E-state index >= 15 is 0 Å². The third-order valence-corrected chi connectivity index (χ3v) is 2.97. The van der Waals surface area contributed by atoms with Gasteiger partial charge in [0.15, 0.2) is 5.69 Å². The lowest BCUT2D eigenvalue weighted by molar-refractivity contribution is 0.0689. The van der Waals surface area contributed by atoms with Crippen molar-refractivity contribution in [3.8, 4) is 17.0 Å². The van der Waals surface area contributed by atoms with E-state index in [2.05, 4.69) is 5.10 Å². The Hall–Kier alpha value is -2.01. The second-order valence-electron chi connectivity index (χ2n) is 3.96. The van der Waals surface area contributed by atoms with Gasteiger partial charge in [-0.05, 0) is 30.7 Å². The van der Waals surface area contributed by atoms with Crippen LogP contribution in [0.3, 0.4) is 0 Å². The molecule has 0 spiro atoms. The fourth-order valence-electron chi connectivity index (χ4n) is 1.77. The molecule has 1 aromatic carbocycles. The highest BCUT2D eigenvalue weighted by molar-refractivity contribution is 6.32. The molecule has 0 bridgehead atoms. The maximum atomic E-state index is 10.9. The summed E-state index contributed by atoms with van der Waals surface area (Å²) in [5.74, 6) is -1.09. The average molecular weight is 267 g/mol. The Morgan fingerprint density at radius 1 is 1.39 bits per heavy atom. The number of benzene rings is 1. The van der Waals surface area contributed by atoms with Gasteiger partial charge in [0, 0.05) is 12.6 Å². The molecule has 18 heavy (non-hydrogen) atoms. The van der Waals surface area contributed by atoms with Crippen LogP contribution in [0.5, 0.6) is 5.75 Å². The van der Waals surface area contributed by atoms with Crippen molar-refractivity contribution in [1.82, 2.24) is 9.78 Å². The molecule has 0 aliphatic carbocycles. The maximum absolute atomic E-state index is 10.9. The predicted molar refractivity (Wildman–Crippen MR) is 67.0 cm³/mol. The molecule has 0 saturated carbocycles. The first-order chi connectivity index (χ1) is 8.40. The maximum Gasteiger partial charge on any atom is 0.356 e. The molecule has 0 amide bonds. The Balaban J connectivity index is 2.62. The normalized spacial score (nSPS) is 10.6. The predicted octanol–water partition coefficient (Wildman–Crippen LogP) is 2.45. The van der Waals surface area contributed by atoms with E-state index in [9.17, 15) is 9.90 Å². The quantitative estimate of drug-likeness (QED) is 0.875. The highest BCUT2D eigenvalue weighted by Crippen LogP contribution is 2.32. The van der Waals surface area contributed by atoms with Crippen LogP contribution in [0, 0.1) is 6.92 Å². The molecule has 2 rings (SSSR count). The van der Waals surface area contributed by atoms with E-state index < -0.39 is 5.97 Å². The van der Waals surface area contributed by atoms with Gasteiger partial charge < -0.3 is 10.2 Å². The summed E-state index contributed by atoms with van der Waals surface area (Å²) >= 11 is 5.86. The highest BCUT2D eigenvalue weighted by atomic mass is 35.5. The van der Waals surface area contributed by atoms with Crippen LogP contribution in [0.15, 0.2) is 18.2 Å². The first-order valence-corrected chi connectivity index (χ1v) is 5.54. The van der Waals surface area contributed by atoms with Gasteiger partial charge in [-0.25, -0.2) is 4.79 Å². The fourth-order valence-corrected chi connectivity index (χ4v) is 1.93. The number of carboxylic acid groups (broad SMARTS) is 1. The van der Waals surface area contributed by atoms with E-state index in [0.29, 0.717) is 5.69 Å². The summed E-state index contributed by atoms with van der Waals surface area (Å²) in [5, 5.41) is 22.5. The van der Waals surface area contributed by atoms with Crippen LogP contribution >= 0.6 is 11.6 Å². The summed E-state index contributed by atoms with van der Waals surface area (Å²) in [6.07, 6.45) is 0. The van der Waals surface area contributed by atoms with Crippen LogP contribution in [0.1, 0.15) is 16.1 Å². The van der Waals surface area contributed by atoms with Gasteiger partial charge in [0.1, 0.15) is 5.75 Å². The average Bonchev–Trinajstić information content (AvgIpc) is 2.66. The van der Waals surface area contributed by atoms with Crippen LogP contribution in [-0.4, -0.2) is 26.0 Å². The molecule has 6 heteroatoms. The summed E-state index contributed by atoms with van der Waals surface area (Å²) in [4.78, 5) is 10.9. The van der Waals surface area contributed by atoms with Crippen LogP contribution in [0.4, 0.5) is 0 Å². The van der Waals surface area contributed by atoms with Crippen molar-refractivity contribution in [2.45, 2.75) is 6.92 Å². The van der Waals surface area contributed by atoms with Crippen LogP contribution in [0.2, 0.25) is 5.02 Å². The zero-order chi connectivity index (χ0) is 13.4. The summed E-state index contributed by atoms with van der Waals surface area (Å²) in [7, 11) is 1.65. The summed E-state index contributed by atoms with van der Waals surface area (Å²) in [5.41, 5.74) is 2.13. The molecule has 0 saturated heterocycles. The topological polar surface area (TPSA) is 75.3 Å². The molecular weight excluding hydrogens is 256 g/mol. The number of hydrogen-bond acceptors (Lipinski definition) is 3. The Morgan fingerprint density at radius 2 is 2.06 bits per heavy atom. The number of aromatic carboxylic acids is 1. The van der Waals surface area contributed by atoms with Crippen molar-refractivity contribution in [2.24, 2.45) is 7.05 Å². The number of rotatable bonds is 2. The van der Waals surface area contributed by atoms with E-state index in [1.54, 1.807) is 20.0 Å². The minimum Gasteiger partial charge on any atom is -0.506 e. The summed E-state index contributed by atoms with van der Waals surface area (Å²) < 4.78 is 1.47. The van der Waals surface area contributed by atoms with Crippen molar-refractivity contribution in [1.29, 1.82) is 0 Å². The van der Waals surface area contributed by atoms with Gasteiger partial charge in [0.2, 0.25) is 0 Å². The van der Waals surface area contributed by atoms with E-state index in [1.165, 1.54) is 16.8 Å². The molecule has 0 aliphatic heterocycles. The molecule has 0 atom stereocenters. The zero-order valence-corrected chi connectivity index (χ0v) is 10.6. The van der Waals surface area contributed by atoms with Crippen molar-refractivity contribution >= 4 is 17.6 Å². The zero-order valence-electron chi connectivity index (χ0n) is 9.81. The first-order valence-electron chi connectivity index (χ1n) is 5.17. The van der Waals surface area contributed by atoms with Crippen molar-refractivity contribution in [3.63, 3.8) is 0 Å². The lowest BCUT2D eigenvalue weighted by Gasteiger charge is -2.08. The number of carbonyl (C=O) groups is 1. The fraction of sp³-hybridized carbons (Fsp3) is 0.167. The molecule has 0 radical (unpaired) electrons. The third kappa shape index (κ3) is 2.04. The molecule has 2 aromatic rings. The number of hydrogen-bond donors (Lipinski definition) is 2. The molecule has 0 unspecified atom stereocenters. The highest BCUT2D eigenvalue weighted by Gasteiger charge is 2.15. The third-order valence-electron chi connectivity index (χ3n) is 2.67. The van der Waals surface area contributed by atoms with E-state index in [-0.39, 0.29) is 16.5 Å². The molecule has 1 heterocycles. The van der Waals surface area contributed by atoms with Crippen LogP contribution in [-0.2, 0) is 7.05 Å². The van der Waals surface area contributed by atoms with Gasteiger partial charge in [0.05, 0.1) is 10.7 Å². The van der Waals surface area contributed by atoms with Gasteiger partial charge in [-0.1, -0.05) is 11.6 Å². The van der Waals surface area contributed by atoms with Crippen LogP contribution < -0.4 is 0 Å². The molecule has 5 nitrogen and oxygen atoms in total. The monoisotopic (exact) mass is 266 g/mol. The van der Waals surface area contributed by atoms with E-state index in [1.807, 2.05) is 0 Å². The molecule has 94 valence electrons. The Bertz CT molecular complexity index is 634. The Morgan fingerprint density at radius 3 is 2.61 bits per heavy atom. The van der Waals surface area contributed by atoms with E-state index in [4.69, 9.17) is 16.7 Å². The van der Waals surface area contributed by atoms with Gasteiger partial charge >= 0.3 is 5.97 Å². The lowest BCUT2D eigenvalue weighted by atomic mass is 10.0. The number of phenols is 1. The molecule has 0 aliphatic rings. The van der Waals surface area contributed by atoms with Gasteiger partial charge in [-0.3, -0.25) is 4.68 Å². The Labute approximate surface area is 108 Å². The first kappa shape index (κ1) is 12.4. The van der Waals surface area contributed by atoms with Crippen molar-refractivity contribution in [2.75, 3.05) is 0 Å². The van der Waals surface area contributed by atoms with Crippen molar-refractivity contribution < 1.29 is 15.0 Å². The second-order valence-corrected chi connectivity index (χ2v) is 4.37. The number of nitrogens with zero attached hydrogens (tertiary/aromatic N) is 2. The number of halogens is 1. The lowest BCUT2D eigenvalue weighted by Crippen LogP contribution is -1.99. The van der Waals surface area contributed by atoms with Gasteiger partial charge in [0.25, 0.3) is 0 Å². The number of aryl methyl sites for hydroxylation is 2. The molecule has 1 aromatic heterocycles. The largest absolute Gasteiger partial charge is 0.506 e. The Kier molecular flexibility index (Phi) is 3.00. The minimum absolute atomic E-state index is 0.00135. The summed E-state index contributed by atoms with van der Waals surface area (Å²) in [6, 6.07) is 4.60. The molecule has 0 fully saturated rings. The summed E-state index contributed by atoms with van der Waals surface area (Å²) in [6.45, 7) is 1.80. The van der Waals surface area contributed by atoms with Gasteiger partial charge in [-0.2, -0.15) is 5.10 Å². The number of phenolic OH excluding ortho intramolecular Hbond substituents is 1.